The Balaban J connectivity index is 1.63. The van der Waals surface area contributed by atoms with Gasteiger partial charge in [-0.1, -0.05) is 13.8 Å². The number of nitrogens with one attached hydrogen (secondary N) is 2. The lowest BCUT2D eigenvalue weighted by Crippen LogP contribution is -2.56. The van der Waals surface area contributed by atoms with Crippen LogP contribution in [0.3, 0.4) is 0 Å². The molecule has 148 valence electrons. The highest BCUT2D eigenvalue weighted by Crippen LogP contribution is 2.33. The van der Waals surface area contributed by atoms with Crippen molar-refractivity contribution >= 4 is 17.8 Å². The summed E-state index contributed by atoms with van der Waals surface area (Å²) < 4.78 is 1.79. The van der Waals surface area contributed by atoms with E-state index in [2.05, 4.69) is 22.7 Å². The van der Waals surface area contributed by atoms with Crippen molar-refractivity contribution in [3.05, 3.63) is 17.0 Å². The molecule has 0 radical (unpaired) electrons. The minimum Gasteiger partial charge on any atom is -0.341 e. The number of likely N-dealkylation sites (tertiary alicyclic amines) is 1. The van der Waals surface area contributed by atoms with Gasteiger partial charge in [-0.2, -0.15) is 5.10 Å². The number of carbonyl (C=O) groups is 3. The molecule has 0 aromatic carbocycles. The average Bonchev–Trinajstić information content (AvgIpc) is 3.10. The van der Waals surface area contributed by atoms with Crippen molar-refractivity contribution in [1.82, 2.24) is 25.3 Å². The van der Waals surface area contributed by atoms with Crippen LogP contribution in [0.1, 0.15) is 50.1 Å². The minimum absolute atomic E-state index is 0.0402. The van der Waals surface area contributed by atoms with Gasteiger partial charge in [0.2, 0.25) is 5.91 Å². The van der Waals surface area contributed by atoms with Gasteiger partial charge in [-0.15, -0.1) is 0 Å². The van der Waals surface area contributed by atoms with Gasteiger partial charge in [0.1, 0.15) is 12.1 Å². The maximum absolute atomic E-state index is 12.7. The number of hydrogen-bond donors (Lipinski definition) is 2. The molecule has 1 aromatic rings. The number of nitrogens with zero attached hydrogens (tertiary/aromatic N) is 3. The molecule has 8 nitrogen and oxygen atoms in total. The highest BCUT2D eigenvalue weighted by Gasteiger charge is 2.51. The summed E-state index contributed by atoms with van der Waals surface area (Å²) in [6, 6.07) is -0.420. The van der Waals surface area contributed by atoms with Crippen molar-refractivity contribution in [1.29, 1.82) is 0 Å². The summed E-state index contributed by atoms with van der Waals surface area (Å²) in [5, 5.41) is 9.69. The highest BCUT2D eigenvalue weighted by molar-refractivity contribution is 6.07. The third-order valence-electron chi connectivity index (χ3n) is 6.24. The van der Waals surface area contributed by atoms with Crippen LogP contribution in [0.15, 0.2) is 0 Å². The van der Waals surface area contributed by atoms with E-state index in [0.29, 0.717) is 32.4 Å². The second-order valence-electron chi connectivity index (χ2n) is 7.55. The Morgan fingerprint density at radius 3 is 2.37 bits per heavy atom. The number of amides is 4. The molecule has 2 saturated heterocycles. The number of rotatable bonds is 5. The molecule has 2 aliphatic heterocycles. The van der Waals surface area contributed by atoms with Gasteiger partial charge in [0, 0.05) is 18.8 Å². The quantitative estimate of drug-likeness (QED) is 0.758. The topological polar surface area (TPSA) is 96.3 Å². The third kappa shape index (κ3) is 3.33. The fourth-order valence-electron chi connectivity index (χ4n) is 4.58. The second kappa shape index (κ2) is 7.32. The van der Waals surface area contributed by atoms with Crippen molar-refractivity contribution in [2.24, 2.45) is 5.92 Å². The van der Waals surface area contributed by atoms with Gasteiger partial charge in [0.05, 0.1) is 5.69 Å². The zero-order chi connectivity index (χ0) is 19.8. The minimum atomic E-state index is -0.835. The number of aryl methyl sites for hydroxylation is 1. The first kappa shape index (κ1) is 19.4. The first-order valence-corrected chi connectivity index (χ1v) is 9.76. The normalized spacial score (nSPS) is 23.5. The van der Waals surface area contributed by atoms with Gasteiger partial charge in [0.25, 0.3) is 5.91 Å². The van der Waals surface area contributed by atoms with Crippen LogP contribution in [0.4, 0.5) is 4.79 Å². The lowest BCUT2D eigenvalue weighted by Gasteiger charge is -2.40. The van der Waals surface area contributed by atoms with Gasteiger partial charge in [-0.25, -0.2) is 4.79 Å². The van der Waals surface area contributed by atoms with Crippen molar-refractivity contribution < 1.29 is 14.4 Å². The lowest BCUT2D eigenvalue weighted by atomic mass is 9.76. The van der Waals surface area contributed by atoms with Gasteiger partial charge >= 0.3 is 6.03 Å². The summed E-state index contributed by atoms with van der Waals surface area (Å²) in [5.74, 6) is -0.153. The van der Waals surface area contributed by atoms with Gasteiger partial charge in [0.15, 0.2) is 0 Å². The number of urea groups is 1. The predicted molar refractivity (Wildman–Crippen MR) is 100 cm³/mol. The number of hydrogen-bond acceptors (Lipinski definition) is 4. The summed E-state index contributed by atoms with van der Waals surface area (Å²) in [6.07, 6.45) is 2.86. The Morgan fingerprint density at radius 2 is 1.89 bits per heavy atom. The largest absolute Gasteiger partial charge is 0.341 e. The van der Waals surface area contributed by atoms with E-state index in [9.17, 15) is 14.4 Å². The van der Waals surface area contributed by atoms with Crippen LogP contribution in [0.2, 0.25) is 0 Å². The Morgan fingerprint density at radius 1 is 1.22 bits per heavy atom. The van der Waals surface area contributed by atoms with Crippen LogP contribution in [0, 0.1) is 19.8 Å². The number of piperidine rings is 1. The lowest BCUT2D eigenvalue weighted by molar-refractivity contribution is -0.134. The van der Waals surface area contributed by atoms with E-state index in [1.165, 1.54) is 5.56 Å². The predicted octanol–water partition coefficient (Wildman–Crippen LogP) is 1.29. The maximum Gasteiger partial charge on any atom is 0.322 e. The van der Waals surface area contributed by atoms with E-state index in [-0.39, 0.29) is 24.3 Å². The molecule has 1 aromatic heterocycles. The molecule has 0 bridgehead atoms. The highest BCUT2D eigenvalue weighted by atomic mass is 16.2. The standard InChI is InChI=1S/C19H29N5O3/c1-5-15-12(3)22-24(13(15)4)11-16(25)23-9-7-14(8-10-23)19(6-2)17(26)20-18(27)21-19/h14H,5-11H2,1-4H3,(H2,20,21,26,27)/t19-/m0/s1. The molecule has 3 heterocycles. The van der Waals surface area contributed by atoms with Gasteiger partial charge in [-0.3, -0.25) is 19.6 Å². The van der Waals surface area contributed by atoms with Crippen LogP contribution in [0.25, 0.3) is 0 Å². The Bertz CT molecular complexity index is 764. The zero-order valence-corrected chi connectivity index (χ0v) is 16.6. The third-order valence-corrected chi connectivity index (χ3v) is 6.24. The fraction of sp³-hybridized carbons (Fsp3) is 0.684. The van der Waals surface area contributed by atoms with Gasteiger partial charge in [-0.05, 0) is 51.0 Å². The van der Waals surface area contributed by atoms with Crippen LogP contribution in [-0.2, 0) is 22.6 Å². The summed E-state index contributed by atoms with van der Waals surface area (Å²) in [4.78, 5) is 38.5. The molecule has 4 amide bonds. The van der Waals surface area contributed by atoms with Crippen LogP contribution >= 0.6 is 0 Å². The molecule has 2 aliphatic rings. The van der Waals surface area contributed by atoms with Crippen LogP contribution in [-0.4, -0.2) is 51.2 Å². The summed E-state index contributed by atoms with van der Waals surface area (Å²) in [6.45, 7) is 9.41. The summed E-state index contributed by atoms with van der Waals surface area (Å²) >= 11 is 0. The number of aromatic nitrogens is 2. The number of carbonyl (C=O) groups excluding carboxylic acids is 3. The molecule has 2 fully saturated rings. The van der Waals surface area contributed by atoms with Crippen LogP contribution in [0.5, 0.6) is 0 Å². The molecular weight excluding hydrogens is 346 g/mol. The smallest absolute Gasteiger partial charge is 0.322 e. The first-order chi connectivity index (χ1) is 12.8. The van der Waals surface area contributed by atoms with E-state index in [1.54, 1.807) is 4.68 Å². The van der Waals surface area contributed by atoms with Crippen molar-refractivity contribution in [2.75, 3.05) is 13.1 Å². The Hall–Kier alpha value is -2.38. The Kier molecular flexibility index (Phi) is 5.26. The molecule has 27 heavy (non-hydrogen) atoms. The van der Waals surface area contributed by atoms with E-state index in [0.717, 1.165) is 17.8 Å². The SMILES string of the molecule is CCc1c(C)nn(CC(=O)N2CCC([C@]3(CC)NC(=O)NC3=O)CC2)c1C. The second-order valence-corrected chi connectivity index (χ2v) is 7.55. The van der Waals surface area contributed by atoms with E-state index < -0.39 is 11.6 Å². The molecule has 0 spiro atoms. The van der Waals surface area contributed by atoms with Crippen molar-refractivity contribution in [2.45, 2.75) is 65.5 Å². The van der Waals surface area contributed by atoms with Crippen molar-refractivity contribution in [3.63, 3.8) is 0 Å². The number of imide groups is 1. The molecule has 8 heteroatoms. The summed E-state index contributed by atoms with van der Waals surface area (Å²) in [5.41, 5.74) is 2.40. The fourth-order valence-corrected chi connectivity index (χ4v) is 4.58. The van der Waals surface area contributed by atoms with E-state index in [4.69, 9.17) is 0 Å². The summed E-state index contributed by atoms with van der Waals surface area (Å²) in [7, 11) is 0. The molecule has 1 atom stereocenters. The van der Waals surface area contributed by atoms with Gasteiger partial charge < -0.3 is 10.2 Å². The van der Waals surface area contributed by atoms with E-state index >= 15 is 0 Å². The molecule has 2 N–H and O–H groups in total. The Labute approximate surface area is 159 Å². The molecular formula is C19H29N5O3. The van der Waals surface area contributed by atoms with Crippen LogP contribution < -0.4 is 10.6 Å². The van der Waals surface area contributed by atoms with E-state index in [1.807, 2.05) is 25.7 Å². The molecule has 0 unspecified atom stereocenters. The zero-order valence-electron chi connectivity index (χ0n) is 16.6. The average molecular weight is 375 g/mol. The molecule has 0 aliphatic carbocycles. The monoisotopic (exact) mass is 375 g/mol. The van der Waals surface area contributed by atoms with Crippen molar-refractivity contribution in [3.8, 4) is 0 Å². The molecule has 3 rings (SSSR count). The maximum atomic E-state index is 12.7. The first-order valence-electron chi connectivity index (χ1n) is 9.76. The molecule has 0 saturated carbocycles.